The molecule has 0 aromatic carbocycles. The second-order valence-electron chi connectivity index (χ2n) is 3.16. The summed E-state index contributed by atoms with van der Waals surface area (Å²) in [5.41, 5.74) is 4.85. The van der Waals surface area contributed by atoms with Gasteiger partial charge in [-0.25, -0.2) is 5.01 Å². The van der Waals surface area contributed by atoms with Crippen molar-refractivity contribution in [2.24, 2.45) is 5.92 Å². The van der Waals surface area contributed by atoms with Crippen LogP contribution >= 0.6 is 0 Å². The average Bonchev–Trinajstić information content (AvgIpc) is 2.42. The van der Waals surface area contributed by atoms with Gasteiger partial charge in [-0.1, -0.05) is 11.6 Å². The molecular formula is C8H14N2. The molecule has 0 radical (unpaired) electrons. The summed E-state index contributed by atoms with van der Waals surface area (Å²) in [4.78, 5) is 0. The third-order valence-electron chi connectivity index (χ3n) is 2.58. The molecule has 0 amide bonds. The first kappa shape index (κ1) is 6.38. The Bertz CT molecular complexity index is 163. The number of hydrogen-bond acceptors (Lipinski definition) is 2. The van der Waals surface area contributed by atoms with Crippen LogP contribution in [-0.2, 0) is 0 Å². The standard InChI is InChI=1S/C8H14N2/c1-9-10-5-7-3-2-4-8(7)6-10/h3,8-9H,2,4-6H2,1H3/t8-/m0/s1. The van der Waals surface area contributed by atoms with Gasteiger partial charge in [-0.05, 0) is 25.8 Å². The third kappa shape index (κ3) is 0.879. The van der Waals surface area contributed by atoms with Gasteiger partial charge in [0.1, 0.15) is 0 Å². The predicted octanol–water partition coefficient (Wildman–Crippen LogP) is 0.773. The summed E-state index contributed by atoms with van der Waals surface area (Å²) in [5.74, 6) is 0.882. The average molecular weight is 138 g/mol. The summed E-state index contributed by atoms with van der Waals surface area (Å²) in [6.07, 6.45) is 5.10. The van der Waals surface area contributed by atoms with Gasteiger partial charge in [0.25, 0.3) is 0 Å². The van der Waals surface area contributed by atoms with Crippen molar-refractivity contribution in [1.82, 2.24) is 10.4 Å². The molecule has 0 bridgehead atoms. The zero-order valence-corrected chi connectivity index (χ0v) is 6.43. The Morgan fingerprint density at radius 1 is 1.70 bits per heavy atom. The Morgan fingerprint density at radius 3 is 3.30 bits per heavy atom. The number of hydrazine groups is 1. The first-order valence-electron chi connectivity index (χ1n) is 4.01. The lowest BCUT2D eigenvalue weighted by atomic mass is 10.1. The molecule has 10 heavy (non-hydrogen) atoms. The van der Waals surface area contributed by atoms with E-state index in [9.17, 15) is 0 Å². The van der Waals surface area contributed by atoms with E-state index < -0.39 is 0 Å². The van der Waals surface area contributed by atoms with Crippen LogP contribution in [0, 0.1) is 5.92 Å². The van der Waals surface area contributed by atoms with Crippen LogP contribution in [0.5, 0.6) is 0 Å². The molecular weight excluding hydrogens is 124 g/mol. The van der Waals surface area contributed by atoms with E-state index in [1.54, 1.807) is 5.57 Å². The van der Waals surface area contributed by atoms with Gasteiger partial charge < -0.3 is 0 Å². The number of nitrogens with one attached hydrogen (secondary N) is 1. The predicted molar refractivity (Wildman–Crippen MR) is 41.4 cm³/mol. The Balaban J connectivity index is 2.05. The summed E-state index contributed by atoms with van der Waals surface area (Å²) in [6.45, 7) is 2.38. The zero-order valence-electron chi connectivity index (χ0n) is 6.43. The van der Waals surface area contributed by atoms with Crippen LogP contribution in [0.4, 0.5) is 0 Å². The van der Waals surface area contributed by atoms with Gasteiger partial charge in [0, 0.05) is 13.1 Å². The fourth-order valence-electron chi connectivity index (χ4n) is 1.95. The smallest absolute Gasteiger partial charge is 0.0344 e. The van der Waals surface area contributed by atoms with Crippen LogP contribution in [0.3, 0.4) is 0 Å². The Labute approximate surface area is 61.9 Å². The molecule has 1 N–H and O–H groups in total. The topological polar surface area (TPSA) is 15.3 Å². The van der Waals surface area contributed by atoms with Gasteiger partial charge >= 0.3 is 0 Å². The second-order valence-corrected chi connectivity index (χ2v) is 3.16. The van der Waals surface area contributed by atoms with Crippen molar-refractivity contribution in [3.05, 3.63) is 11.6 Å². The van der Waals surface area contributed by atoms with Crippen LogP contribution in [-0.4, -0.2) is 25.1 Å². The molecule has 0 aromatic rings. The highest BCUT2D eigenvalue weighted by molar-refractivity contribution is 5.18. The molecule has 1 fully saturated rings. The third-order valence-corrected chi connectivity index (χ3v) is 2.58. The fraction of sp³-hybridized carbons (Fsp3) is 0.750. The number of hydrogen-bond donors (Lipinski definition) is 1. The van der Waals surface area contributed by atoms with Crippen molar-refractivity contribution in [3.63, 3.8) is 0 Å². The van der Waals surface area contributed by atoms with E-state index in [-0.39, 0.29) is 0 Å². The fourth-order valence-corrected chi connectivity index (χ4v) is 1.95. The monoisotopic (exact) mass is 138 g/mol. The molecule has 0 saturated carbocycles. The highest BCUT2D eigenvalue weighted by Gasteiger charge is 2.28. The summed E-state index contributed by atoms with van der Waals surface area (Å²) in [6, 6.07) is 0. The summed E-state index contributed by atoms with van der Waals surface area (Å²) >= 11 is 0. The van der Waals surface area contributed by atoms with E-state index in [1.807, 2.05) is 7.05 Å². The molecule has 1 heterocycles. The van der Waals surface area contributed by atoms with Crippen LogP contribution in [0.15, 0.2) is 11.6 Å². The minimum absolute atomic E-state index is 0.882. The van der Waals surface area contributed by atoms with Crippen LogP contribution < -0.4 is 5.43 Å². The molecule has 1 atom stereocenters. The lowest BCUT2D eigenvalue weighted by Gasteiger charge is -2.12. The van der Waals surface area contributed by atoms with Crippen LogP contribution in [0.1, 0.15) is 12.8 Å². The molecule has 2 nitrogen and oxygen atoms in total. The Kier molecular flexibility index (Phi) is 1.51. The van der Waals surface area contributed by atoms with E-state index >= 15 is 0 Å². The van der Waals surface area contributed by atoms with E-state index in [2.05, 4.69) is 16.5 Å². The van der Waals surface area contributed by atoms with E-state index in [0.29, 0.717) is 0 Å². The molecule has 56 valence electrons. The number of rotatable bonds is 1. The quantitative estimate of drug-likeness (QED) is 0.538. The van der Waals surface area contributed by atoms with Crippen molar-refractivity contribution in [1.29, 1.82) is 0 Å². The molecule has 2 rings (SSSR count). The van der Waals surface area contributed by atoms with Gasteiger partial charge in [0.2, 0.25) is 0 Å². The number of fused-ring (bicyclic) bond motifs is 1. The minimum Gasteiger partial charge on any atom is -0.258 e. The lowest BCUT2D eigenvalue weighted by molar-refractivity contribution is 0.250. The van der Waals surface area contributed by atoms with Gasteiger partial charge in [-0.3, -0.25) is 5.43 Å². The number of allylic oxidation sites excluding steroid dienone is 1. The van der Waals surface area contributed by atoms with Gasteiger partial charge in [-0.15, -0.1) is 0 Å². The molecule has 0 aromatic heterocycles. The maximum absolute atomic E-state index is 3.18. The molecule has 1 saturated heterocycles. The first-order valence-corrected chi connectivity index (χ1v) is 4.01. The number of nitrogens with zero attached hydrogens (tertiary/aromatic N) is 1. The molecule has 0 spiro atoms. The van der Waals surface area contributed by atoms with Crippen LogP contribution in [0.25, 0.3) is 0 Å². The summed E-state index contributed by atoms with van der Waals surface area (Å²) in [5, 5.41) is 2.29. The van der Waals surface area contributed by atoms with Crippen molar-refractivity contribution in [3.8, 4) is 0 Å². The van der Waals surface area contributed by atoms with Crippen LogP contribution in [0.2, 0.25) is 0 Å². The zero-order chi connectivity index (χ0) is 6.97. The summed E-state index contributed by atoms with van der Waals surface area (Å²) < 4.78 is 0. The maximum atomic E-state index is 3.18. The van der Waals surface area contributed by atoms with Crippen molar-refractivity contribution >= 4 is 0 Å². The molecule has 2 heteroatoms. The van der Waals surface area contributed by atoms with Gasteiger partial charge in [0.15, 0.2) is 0 Å². The Hall–Kier alpha value is -0.340. The minimum atomic E-state index is 0.882. The second kappa shape index (κ2) is 2.36. The van der Waals surface area contributed by atoms with E-state index in [4.69, 9.17) is 0 Å². The Morgan fingerprint density at radius 2 is 2.60 bits per heavy atom. The van der Waals surface area contributed by atoms with E-state index in [1.165, 1.54) is 19.4 Å². The highest BCUT2D eigenvalue weighted by atomic mass is 15.5. The summed E-state index contributed by atoms with van der Waals surface area (Å²) in [7, 11) is 2.00. The molecule has 2 aliphatic rings. The largest absolute Gasteiger partial charge is 0.258 e. The molecule has 0 unspecified atom stereocenters. The maximum Gasteiger partial charge on any atom is 0.0344 e. The molecule has 1 aliphatic heterocycles. The highest BCUT2D eigenvalue weighted by Crippen LogP contribution is 2.31. The van der Waals surface area contributed by atoms with Gasteiger partial charge in [0.05, 0.1) is 0 Å². The lowest BCUT2D eigenvalue weighted by Crippen LogP contribution is -2.32. The van der Waals surface area contributed by atoms with E-state index in [0.717, 1.165) is 12.5 Å². The first-order chi connectivity index (χ1) is 4.90. The van der Waals surface area contributed by atoms with Crippen molar-refractivity contribution in [2.75, 3.05) is 20.1 Å². The van der Waals surface area contributed by atoms with Crippen molar-refractivity contribution in [2.45, 2.75) is 12.8 Å². The van der Waals surface area contributed by atoms with Crippen molar-refractivity contribution < 1.29 is 0 Å². The van der Waals surface area contributed by atoms with Gasteiger partial charge in [-0.2, -0.15) is 0 Å². The normalized spacial score (nSPS) is 32.5. The molecule has 1 aliphatic carbocycles. The SMILES string of the molecule is CNN1CC2=CCC[C@H]2C1.